The van der Waals surface area contributed by atoms with E-state index in [1.165, 1.54) is 19.2 Å². The van der Waals surface area contributed by atoms with Gasteiger partial charge in [0.1, 0.15) is 23.0 Å². The van der Waals surface area contributed by atoms with Crippen LogP contribution in [0.2, 0.25) is 0 Å². The number of nitrogens with zero attached hydrogens (tertiary/aromatic N) is 1. The molecular formula is C27H22F3NO6. The van der Waals surface area contributed by atoms with Crippen LogP contribution in [0.4, 0.5) is 18.9 Å². The van der Waals surface area contributed by atoms with Gasteiger partial charge in [-0.3, -0.25) is 14.5 Å². The van der Waals surface area contributed by atoms with Crippen molar-refractivity contribution < 1.29 is 42.1 Å². The molecule has 1 N–H and O–H groups in total. The van der Waals surface area contributed by atoms with E-state index < -0.39 is 35.6 Å². The number of aliphatic hydroxyl groups is 1. The lowest BCUT2D eigenvalue weighted by Crippen LogP contribution is -2.29. The fourth-order valence-corrected chi connectivity index (χ4v) is 4.04. The number of rotatable bonds is 7. The van der Waals surface area contributed by atoms with Gasteiger partial charge in [0.05, 0.1) is 25.3 Å². The van der Waals surface area contributed by atoms with E-state index in [1.54, 1.807) is 48.5 Å². The number of methoxy groups -OCH3 is 1. The predicted octanol–water partition coefficient (Wildman–Crippen LogP) is 5.62. The summed E-state index contributed by atoms with van der Waals surface area (Å²) >= 11 is 0. The Balaban J connectivity index is 1.82. The number of anilines is 1. The third kappa shape index (κ3) is 5.37. The molecule has 0 aromatic heterocycles. The van der Waals surface area contributed by atoms with Crippen LogP contribution < -0.4 is 19.1 Å². The van der Waals surface area contributed by atoms with E-state index in [1.807, 2.05) is 6.92 Å². The number of alkyl halides is 3. The Morgan fingerprint density at radius 2 is 1.46 bits per heavy atom. The Hall–Kier alpha value is -4.47. The van der Waals surface area contributed by atoms with Crippen molar-refractivity contribution in [3.63, 3.8) is 0 Å². The summed E-state index contributed by atoms with van der Waals surface area (Å²) in [7, 11) is 1.48. The molecule has 1 atom stereocenters. The number of amides is 1. The molecule has 1 heterocycles. The minimum absolute atomic E-state index is 0.142. The van der Waals surface area contributed by atoms with Crippen molar-refractivity contribution in [3.8, 4) is 17.2 Å². The summed E-state index contributed by atoms with van der Waals surface area (Å²) in [5.41, 5.74) is 0.732. The number of ketones is 1. The highest BCUT2D eigenvalue weighted by Crippen LogP contribution is 2.43. The van der Waals surface area contributed by atoms with Crippen molar-refractivity contribution in [1.29, 1.82) is 0 Å². The Morgan fingerprint density at radius 3 is 2.00 bits per heavy atom. The highest BCUT2D eigenvalue weighted by Gasteiger charge is 2.47. The van der Waals surface area contributed by atoms with Gasteiger partial charge in [-0.05, 0) is 73.2 Å². The van der Waals surface area contributed by atoms with E-state index in [-0.39, 0.29) is 16.8 Å². The van der Waals surface area contributed by atoms with Crippen molar-refractivity contribution in [2.24, 2.45) is 0 Å². The zero-order valence-electron chi connectivity index (χ0n) is 19.8. The summed E-state index contributed by atoms with van der Waals surface area (Å²) in [5, 5.41) is 11.2. The van der Waals surface area contributed by atoms with Crippen molar-refractivity contribution in [2.75, 3.05) is 18.6 Å². The molecule has 37 heavy (non-hydrogen) atoms. The van der Waals surface area contributed by atoms with Crippen LogP contribution in [0.1, 0.15) is 24.1 Å². The number of carbonyl (C=O) groups excluding carboxylic acids is 2. The monoisotopic (exact) mass is 513 g/mol. The van der Waals surface area contributed by atoms with E-state index in [9.17, 15) is 27.9 Å². The van der Waals surface area contributed by atoms with Crippen LogP contribution in [0, 0.1) is 0 Å². The van der Waals surface area contributed by atoms with E-state index in [0.717, 1.165) is 17.0 Å². The summed E-state index contributed by atoms with van der Waals surface area (Å²) in [6.45, 7) is 2.27. The average molecular weight is 513 g/mol. The van der Waals surface area contributed by atoms with Crippen LogP contribution >= 0.6 is 0 Å². The first kappa shape index (κ1) is 25.6. The van der Waals surface area contributed by atoms with Gasteiger partial charge in [-0.25, -0.2) is 0 Å². The summed E-state index contributed by atoms with van der Waals surface area (Å²) in [6, 6.07) is 16.4. The van der Waals surface area contributed by atoms with Gasteiger partial charge in [-0.1, -0.05) is 12.1 Å². The summed E-state index contributed by atoms with van der Waals surface area (Å²) in [5.74, 6) is -1.68. The van der Waals surface area contributed by atoms with Gasteiger partial charge in [0, 0.05) is 11.3 Å². The lowest BCUT2D eigenvalue weighted by molar-refractivity contribution is -0.274. The molecule has 1 fully saturated rings. The van der Waals surface area contributed by atoms with Crippen LogP contribution in [0.3, 0.4) is 0 Å². The number of aliphatic hydroxyl groups excluding tert-OH is 1. The molecule has 7 nitrogen and oxygen atoms in total. The minimum atomic E-state index is -4.88. The predicted molar refractivity (Wildman–Crippen MR) is 129 cm³/mol. The lowest BCUT2D eigenvalue weighted by atomic mass is 9.95. The molecule has 10 heteroatoms. The second-order valence-corrected chi connectivity index (χ2v) is 7.94. The molecule has 1 amide bonds. The number of Topliss-reactive ketones (excluding diaryl/α,β-unsaturated/α-hetero) is 1. The van der Waals surface area contributed by atoms with Gasteiger partial charge in [0.25, 0.3) is 11.7 Å². The fourth-order valence-electron chi connectivity index (χ4n) is 4.04. The molecule has 3 aromatic carbocycles. The summed E-state index contributed by atoms with van der Waals surface area (Å²) in [4.78, 5) is 27.5. The molecular weight excluding hydrogens is 491 g/mol. The summed E-state index contributed by atoms with van der Waals surface area (Å²) in [6.07, 6.45) is -4.88. The molecule has 192 valence electrons. The molecule has 1 unspecified atom stereocenters. The molecule has 1 saturated heterocycles. The standard InChI is InChI=1S/C27H22F3NO6/c1-3-36-20-12-6-17(7-13-20)24(32)22-23(16-4-10-19(35-2)11-5-16)31(26(34)25(22)33)18-8-14-21(15-9-18)37-27(28,29)30/h4-15,23,32H,3H2,1-2H3/b24-22+. The van der Waals surface area contributed by atoms with Gasteiger partial charge < -0.3 is 19.3 Å². The van der Waals surface area contributed by atoms with Crippen LogP contribution in [0.25, 0.3) is 5.76 Å². The van der Waals surface area contributed by atoms with Crippen molar-refractivity contribution >= 4 is 23.1 Å². The minimum Gasteiger partial charge on any atom is -0.507 e. The smallest absolute Gasteiger partial charge is 0.507 e. The fraction of sp³-hybridized carbons (Fsp3) is 0.185. The van der Waals surface area contributed by atoms with Gasteiger partial charge in [-0.15, -0.1) is 13.2 Å². The third-order valence-electron chi connectivity index (χ3n) is 5.66. The van der Waals surface area contributed by atoms with Crippen molar-refractivity contribution in [1.82, 2.24) is 0 Å². The largest absolute Gasteiger partial charge is 0.573 e. The first-order valence-electron chi connectivity index (χ1n) is 11.2. The zero-order chi connectivity index (χ0) is 26.7. The highest BCUT2D eigenvalue weighted by atomic mass is 19.4. The van der Waals surface area contributed by atoms with E-state index in [4.69, 9.17) is 9.47 Å². The molecule has 0 saturated carbocycles. The number of benzene rings is 3. The number of hydrogen-bond acceptors (Lipinski definition) is 6. The number of ether oxygens (including phenoxy) is 3. The van der Waals surface area contributed by atoms with Crippen molar-refractivity contribution in [3.05, 3.63) is 89.5 Å². The highest BCUT2D eigenvalue weighted by molar-refractivity contribution is 6.51. The maximum atomic E-state index is 13.2. The summed E-state index contributed by atoms with van der Waals surface area (Å²) < 4.78 is 52.3. The Morgan fingerprint density at radius 1 is 0.892 bits per heavy atom. The lowest BCUT2D eigenvalue weighted by Gasteiger charge is -2.25. The molecule has 3 aromatic rings. The topological polar surface area (TPSA) is 85.3 Å². The van der Waals surface area contributed by atoms with Gasteiger partial charge >= 0.3 is 6.36 Å². The second-order valence-electron chi connectivity index (χ2n) is 7.94. The van der Waals surface area contributed by atoms with Gasteiger partial charge in [0.15, 0.2) is 0 Å². The van der Waals surface area contributed by atoms with E-state index in [2.05, 4.69) is 4.74 Å². The normalized spacial score (nSPS) is 17.1. The first-order valence-corrected chi connectivity index (χ1v) is 11.2. The molecule has 0 spiro atoms. The molecule has 4 rings (SSSR count). The maximum absolute atomic E-state index is 13.2. The number of halogens is 3. The average Bonchev–Trinajstić information content (AvgIpc) is 3.14. The van der Waals surface area contributed by atoms with Crippen LogP contribution in [0.15, 0.2) is 78.4 Å². The second kappa shape index (κ2) is 10.3. The Labute approximate surface area is 210 Å². The van der Waals surface area contributed by atoms with Gasteiger partial charge in [-0.2, -0.15) is 0 Å². The van der Waals surface area contributed by atoms with Gasteiger partial charge in [0.2, 0.25) is 0 Å². The molecule has 0 bridgehead atoms. The number of hydrogen-bond donors (Lipinski definition) is 1. The SMILES string of the molecule is CCOc1ccc(/C(O)=C2\C(=O)C(=O)N(c3ccc(OC(F)(F)F)cc3)C2c2ccc(OC)cc2)cc1. The molecule has 1 aliphatic heterocycles. The van der Waals surface area contributed by atoms with E-state index >= 15 is 0 Å². The quantitative estimate of drug-likeness (QED) is 0.251. The molecule has 0 radical (unpaired) electrons. The third-order valence-corrected chi connectivity index (χ3v) is 5.66. The first-order chi connectivity index (χ1) is 17.6. The maximum Gasteiger partial charge on any atom is 0.573 e. The van der Waals surface area contributed by atoms with Crippen LogP contribution in [-0.2, 0) is 9.59 Å². The van der Waals surface area contributed by atoms with Crippen LogP contribution in [0.5, 0.6) is 17.2 Å². The zero-order valence-corrected chi connectivity index (χ0v) is 19.8. The molecule has 1 aliphatic rings. The van der Waals surface area contributed by atoms with Crippen LogP contribution in [-0.4, -0.2) is 36.9 Å². The van der Waals surface area contributed by atoms with Crippen molar-refractivity contribution in [2.45, 2.75) is 19.3 Å². The molecule has 0 aliphatic carbocycles. The van der Waals surface area contributed by atoms with E-state index in [0.29, 0.717) is 23.7 Å². The Bertz CT molecular complexity index is 1320. The Kier molecular flexibility index (Phi) is 7.10. The number of carbonyl (C=O) groups is 2.